The summed E-state index contributed by atoms with van der Waals surface area (Å²) in [5.74, 6) is 1.59. The van der Waals surface area contributed by atoms with Crippen LogP contribution in [0.2, 0.25) is 0 Å². The summed E-state index contributed by atoms with van der Waals surface area (Å²) in [6.07, 6.45) is 6.58. The van der Waals surface area contributed by atoms with Crippen LogP contribution in [0.3, 0.4) is 0 Å². The summed E-state index contributed by atoms with van der Waals surface area (Å²) in [4.78, 5) is 8.05. The lowest BCUT2D eigenvalue weighted by atomic mass is 9.90. The van der Waals surface area contributed by atoms with Crippen LogP contribution < -0.4 is 9.47 Å². The molecule has 5 rings (SSSR count). The summed E-state index contributed by atoms with van der Waals surface area (Å²) in [5, 5.41) is 2.16. The van der Waals surface area contributed by atoms with Crippen LogP contribution in [0, 0.1) is 0 Å². The van der Waals surface area contributed by atoms with Crippen LogP contribution in [-0.4, -0.2) is 35.2 Å². The average Bonchev–Trinajstić information content (AvgIpc) is 3.53. The van der Waals surface area contributed by atoms with E-state index >= 15 is 0 Å². The predicted molar refractivity (Wildman–Crippen MR) is 123 cm³/mol. The van der Waals surface area contributed by atoms with Crippen LogP contribution in [0.4, 0.5) is 0 Å². The number of rotatable bonds is 6. The Kier molecular flexibility index (Phi) is 5.49. The third-order valence-electron chi connectivity index (χ3n) is 5.91. The zero-order valence-electron chi connectivity index (χ0n) is 17.7. The van der Waals surface area contributed by atoms with Gasteiger partial charge in [0.05, 0.1) is 26.6 Å². The summed E-state index contributed by atoms with van der Waals surface area (Å²) in [7, 11) is 3.40. The minimum Gasteiger partial charge on any atom is -0.493 e. The zero-order chi connectivity index (χ0) is 21.2. The highest BCUT2D eigenvalue weighted by Gasteiger charge is 2.31. The molecule has 158 valence electrons. The summed E-state index contributed by atoms with van der Waals surface area (Å²) >= 11 is 1.81. The molecule has 0 saturated heterocycles. The number of fused-ring (bicyclic) bond motifs is 1. The second-order valence-corrected chi connectivity index (χ2v) is 8.66. The van der Waals surface area contributed by atoms with Gasteiger partial charge in [0.25, 0.3) is 0 Å². The molecule has 0 spiro atoms. The topological polar surface area (TPSA) is 39.5 Å². The van der Waals surface area contributed by atoms with Crippen molar-refractivity contribution in [1.29, 1.82) is 0 Å². The maximum atomic E-state index is 5.62. The number of hydrogen-bond donors (Lipinski definition) is 0. The third-order valence-corrected chi connectivity index (χ3v) is 6.84. The Balaban J connectivity index is 1.47. The molecule has 1 atom stereocenters. The van der Waals surface area contributed by atoms with Crippen molar-refractivity contribution >= 4 is 11.3 Å². The van der Waals surface area contributed by atoms with Gasteiger partial charge in [-0.1, -0.05) is 18.2 Å². The van der Waals surface area contributed by atoms with E-state index in [0.717, 1.165) is 36.7 Å². The van der Waals surface area contributed by atoms with Gasteiger partial charge in [-0.25, -0.2) is 4.98 Å². The number of imidazole rings is 1. The van der Waals surface area contributed by atoms with E-state index in [0.29, 0.717) is 0 Å². The van der Waals surface area contributed by atoms with E-state index in [2.05, 4.69) is 63.8 Å². The van der Waals surface area contributed by atoms with Gasteiger partial charge < -0.3 is 14.0 Å². The average molecular weight is 432 g/mol. The van der Waals surface area contributed by atoms with Crippen LogP contribution in [-0.2, 0) is 13.0 Å². The van der Waals surface area contributed by atoms with Crippen LogP contribution in [0.5, 0.6) is 11.5 Å². The molecule has 1 unspecified atom stereocenters. The van der Waals surface area contributed by atoms with E-state index in [1.54, 1.807) is 20.4 Å². The van der Waals surface area contributed by atoms with E-state index < -0.39 is 0 Å². The number of nitrogens with zero attached hydrogens (tertiary/aromatic N) is 3. The molecule has 31 heavy (non-hydrogen) atoms. The van der Waals surface area contributed by atoms with Crippen LogP contribution in [0.1, 0.15) is 27.6 Å². The lowest BCUT2D eigenvalue weighted by Gasteiger charge is -2.37. The Bertz CT molecular complexity index is 1140. The zero-order valence-corrected chi connectivity index (χ0v) is 18.5. The standard InChI is InChI=1S/C25H25N3O2S/c1-29-22-14-19-9-11-27(16-18-5-7-20(8-6-18)28-12-10-26-17-28)25(24-4-3-13-31-24)21(19)15-23(22)30-2/h3-8,10,12-15,17,25H,9,11,16H2,1-2H3. The lowest BCUT2D eigenvalue weighted by Crippen LogP contribution is -2.35. The number of aromatic nitrogens is 2. The maximum Gasteiger partial charge on any atom is 0.161 e. The van der Waals surface area contributed by atoms with E-state index in [9.17, 15) is 0 Å². The first-order chi connectivity index (χ1) is 15.3. The van der Waals surface area contributed by atoms with Crippen molar-refractivity contribution in [3.8, 4) is 17.2 Å². The molecule has 0 aliphatic carbocycles. The predicted octanol–water partition coefficient (Wildman–Crippen LogP) is 5.10. The Morgan fingerprint density at radius 2 is 1.87 bits per heavy atom. The molecule has 4 aromatic rings. The smallest absolute Gasteiger partial charge is 0.161 e. The molecule has 0 bridgehead atoms. The van der Waals surface area contributed by atoms with Crippen LogP contribution in [0.25, 0.3) is 5.69 Å². The van der Waals surface area contributed by atoms with Gasteiger partial charge in [-0.2, -0.15) is 0 Å². The third kappa shape index (κ3) is 3.84. The van der Waals surface area contributed by atoms with Crippen molar-refractivity contribution in [1.82, 2.24) is 14.5 Å². The first kappa shape index (κ1) is 19.8. The summed E-state index contributed by atoms with van der Waals surface area (Å²) < 4.78 is 13.2. The van der Waals surface area contributed by atoms with Crippen molar-refractivity contribution in [3.05, 3.63) is 94.2 Å². The number of hydrogen-bond acceptors (Lipinski definition) is 5. The van der Waals surface area contributed by atoms with E-state index in [-0.39, 0.29) is 6.04 Å². The highest BCUT2D eigenvalue weighted by molar-refractivity contribution is 7.10. The molecular formula is C25H25N3O2S. The summed E-state index contributed by atoms with van der Waals surface area (Å²) in [6, 6.07) is 17.6. The molecule has 0 saturated carbocycles. The quantitative estimate of drug-likeness (QED) is 0.426. The first-order valence-corrected chi connectivity index (χ1v) is 11.2. The molecule has 0 N–H and O–H groups in total. The maximum absolute atomic E-state index is 5.62. The van der Waals surface area contributed by atoms with Gasteiger partial charge in [-0.3, -0.25) is 4.90 Å². The van der Waals surface area contributed by atoms with Crippen molar-refractivity contribution in [2.75, 3.05) is 20.8 Å². The van der Waals surface area contributed by atoms with E-state index in [1.807, 2.05) is 28.4 Å². The Labute approximate surface area is 186 Å². The van der Waals surface area contributed by atoms with Gasteiger partial charge in [-0.05, 0) is 58.8 Å². The second-order valence-electron chi connectivity index (χ2n) is 7.68. The minimum atomic E-state index is 0.205. The minimum absolute atomic E-state index is 0.205. The van der Waals surface area contributed by atoms with Crippen molar-refractivity contribution in [2.24, 2.45) is 0 Å². The monoisotopic (exact) mass is 431 g/mol. The fraction of sp³-hybridized carbons (Fsp3) is 0.240. The highest BCUT2D eigenvalue weighted by Crippen LogP contribution is 2.42. The molecule has 5 nitrogen and oxygen atoms in total. The molecule has 6 heteroatoms. The molecule has 2 aromatic carbocycles. The van der Waals surface area contributed by atoms with Crippen LogP contribution in [0.15, 0.2) is 72.6 Å². The van der Waals surface area contributed by atoms with Crippen molar-refractivity contribution < 1.29 is 9.47 Å². The van der Waals surface area contributed by atoms with Gasteiger partial charge >= 0.3 is 0 Å². The Morgan fingerprint density at radius 1 is 1.06 bits per heavy atom. The molecule has 1 aliphatic rings. The van der Waals surface area contributed by atoms with Gasteiger partial charge in [0.2, 0.25) is 0 Å². The van der Waals surface area contributed by atoms with Crippen molar-refractivity contribution in [3.63, 3.8) is 0 Å². The number of benzene rings is 2. The fourth-order valence-electron chi connectivity index (χ4n) is 4.37. The lowest BCUT2D eigenvalue weighted by molar-refractivity contribution is 0.206. The SMILES string of the molecule is COc1cc2c(cc1OC)C(c1cccs1)N(Cc1ccc(-n3ccnc3)cc1)CC2. The normalized spacial score (nSPS) is 16.1. The molecule has 0 fully saturated rings. The molecular weight excluding hydrogens is 406 g/mol. The van der Waals surface area contributed by atoms with Gasteiger partial charge in [0.1, 0.15) is 0 Å². The molecule has 0 amide bonds. The largest absolute Gasteiger partial charge is 0.493 e. The molecule has 2 aromatic heterocycles. The highest BCUT2D eigenvalue weighted by atomic mass is 32.1. The van der Waals surface area contributed by atoms with Gasteiger partial charge in [0, 0.05) is 36.0 Å². The van der Waals surface area contributed by atoms with E-state index in [1.165, 1.54) is 21.6 Å². The number of ether oxygens (including phenoxy) is 2. The van der Waals surface area contributed by atoms with Gasteiger partial charge in [0.15, 0.2) is 11.5 Å². The molecule has 1 aliphatic heterocycles. The van der Waals surface area contributed by atoms with Crippen LogP contribution >= 0.6 is 11.3 Å². The fourth-order valence-corrected chi connectivity index (χ4v) is 5.24. The first-order valence-electron chi connectivity index (χ1n) is 10.4. The van der Waals surface area contributed by atoms with Gasteiger partial charge in [-0.15, -0.1) is 11.3 Å². The van der Waals surface area contributed by atoms with E-state index in [4.69, 9.17) is 9.47 Å². The Hall–Kier alpha value is -3.09. The summed E-state index contributed by atoms with van der Waals surface area (Å²) in [6.45, 7) is 1.88. The van der Waals surface area contributed by atoms with Crippen molar-refractivity contribution in [2.45, 2.75) is 19.0 Å². The second kappa shape index (κ2) is 8.57. The number of thiophene rings is 1. The molecule has 3 heterocycles. The Morgan fingerprint density at radius 3 is 2.55 bits per heavy atom. The molecule has 0 radical (unpaired) electrons. The summed E-state index contributed by atoms with van der Waals surface area (Å²) in [5.41, 5.74) is 5.07. The number of methoxy groups -OCH3 is 2.